The Hall–Kier alpha value is -1.00. The summed E-state index contributed by atoms with van der Waals surface area (Å²) < 4.78 is 32.4. The molecule has 1 heterocycles. The van der Waals surface area contributed by atoms with E-state index in [0.29, 0.717) is 6.61 Å². The summed E-state index contributed by atoms with van der Waals surface area (Å²) >= 11 is 0. The zero-order valence-corrected chi connectivity index (χ0v) is 9.83. The molecule has 1 aromatic carbocycles. The molecule has 17 heavy (non-hydrogen) atoms. The van der Waals surface area contributed by atoms with Crippen molar-refractivity contribution < 1.29 is 13.5 Å². The van der Waals surface area contributed by atoms with Crippen LogP contribution in [0.2, 0.25) is 0 Å². The maximum atomic E-state index is 13.5. The molecular formula is C13H17F2NO. The molecule has 0 bridgehead atoms. The molecule has 3 atom stereocenters. The van der Waals surface area contributed by atoms with Gasteiger partial charge in [0, 0.05) is 24.1 Å². The molecule has 0 saturated carbocycles. The molecular weight excluding hydrogens is 224 g/mol. The van der Waals surface area contributed by atoms with E-state index >= 15 is 0 Å². The fourth-order valence-corrected chi connectivity index (χ4v) is 2.42. The Morgan fingerprint density at radius 2 is 2.06 bits per heavy atom. The van der Waals surface area contributed by atoms with Crippen LogP contribution in [-0.2, 0) is 11.2 Å². The average Bonchev–Trinajstić information content (AvgIpc) is 2.70. The maximum Gasteiger partial charge on any atom is 0.129 e. The zero-order chi connectivity index (χ0) is 12.4. The normalized spacial score (nSPS) is 26.1. The molecule has 1 aliphatic heterocycles. The van der Waals surface area contributed by atoms with Crippen molar-refractivity contribution in [3.8, 4) is 0 Å². The second-order valence-corrected chi connectivity index (χ2v) is 4.60. The van der Waals surface area contributed by atoms with E-state index in [9.17, 15) is 8.78 Å². The second-order valence-electron chi connectivity index (χ2n) is 4.60. The predicted molar refractivity (Wildman–Crippen MR) is 61.6 cm³/mol. The second kappa shape index (κ2) is 5.10. The van der Waals surface area contributed by atoms with E-state index < -0.39 is 11.6 Å². The van der Waals surface area contributed by atoms with Crippen LogP contribution in [0, 0.1) is 17.6 Å². The molecule has 1 fully saturated rings. The fraction of sp³-hybridized carbons (Fsp3) is 0.538. The standard InChI is InChI=1S/C13H17F2NO/c1-8-9(5-6-17-8)13(16)7-10-11(14)3-2-4-12(10)15/h2-4,8-9,13H,5-7,16H2,1H3. The Kier molecular flexibility index (Phi) is 3.74. The Labute approximate surface area is 99.8 Å². The molecule has 2 nitrogen and oxygen atoms in total. The summed E-state index contributed by atoms with van der Waals surface area (Å²) in [6.07, 6.45) is 1.15. The first kappa shape index (κ1) is 12.5. The van der Waals surface area contributed by atoms with Gasteiger partial charge in [-0.3, -0.25) is 0 Å². The molecule has 4 heteroatoms. The molecule has 1 aromatic rings. The first-order valence-electron chi connectivity index (χ1n) is 5.89. The highest BCUT2D eigenvalue weighted by Gasteiger charge is 2.30. The summed E-state index contributed by atoms with van der Waals surface area (Å²) in [4.78, 5) is 0. The van der Waals surface area contributed by atoms with E-state index in [4.69, 9.17) is 10.5 Å². The van der Waals surface area contributed by atoms with E-state index in [1.165, 1.54) is 18.2 Å². The van der Waals surface area contributed by atoms with Gasteiger partial charge in [-0.25, -0.2) is 8.78 Å². The molecule has 0 aliphatic carbocycles. The number of rotatable bonds is 3. The van der Waals surface area contributed by atoms with Gasteiger partial charge < -0.3 is 10.5 Å². The van der Waals surface area contributed by atoms with E-state index in [1.807, 2.05) is 6.92 Å². The van der Waals surface area contributed by atoms with Crippen molar-refractivity contribution in [2.75, 3.05) is 6.61 Å². The van der Waals surface area contributed by atoms with Crippen LogP contribution in [0.3, 0.4) is 0 Å². The van der Waals surface area contributed by atoms with Crippen LogP contribution in [-0.4, -0.2) is 18.8 Å². The molecule has 0 aromatic heterocycles. The SMILES string of the molecule is CC1OCCC1C(N)Cc1c(F)cccc1F. The van der Waals surface area contributed by atoms with Crippen molar-refractivity contribution in [2.45, 2.75) is 31.9 Å². The lowest BCUT2D eigenvalue weighted by Crippen LogP contribution is -2.36. The van der Waals surface area contributed by atoms with E-state index in [1.54, 1.807) is 0 Å². The summed E-state index contributed by atoms with van der Waals surface area (Å²) in [6.45, 7) is 2.63. The highest BCUT2D eigenvalue weighted by molar-refractivity contribution is 5.21. The van der Waals surface area contributed by atoms with Gasteiger partial charge in [0.25, 0.3) is 0 Å². The Morgan fingerprint density at radius 1 is 1.41 bits per heavy atom. The summed E-state index contributed by atoms with van der Waals surface area (Å²) in [5, 5.41) is 0. The van der Waals surface area contributed by atoms with Crippen LogP contribution >= 0.6 is 0 Å². The third-order valence-electron chi connectivity index (χ3n) is 3.49. The predicted octanol–water partition coefficient (Wildman–Crippen LogP) is 2.26. The largest absolute Gasteiger partial charge is 0.378 e. The van der Waals surface area contributed by atoms with Gasteiger partial charge in [-0.15, -0.1) is 0 Å². The average molecular weight is 241 g/mol. The van der Waals surface area contributed by atoms with Crippen LogP contribution in [0.25, 0.3) is 0 Å². The van der Waals surface area contributed by atoms with Gasteiger partial charge in [-0.05, 0) is 31.9 Å². The van der Waals surface area contributed by atoms with Crippen molar-refractivity contribution in [1.82, 2.24) is 0 Å². The number of nitrogens with two attached hydrogens (primary N) is 1. The van der Waals surface area contributed by atoms with Crippen LogP contribution in [0.15, 0.2) is 18.2 Å². The van der Waals surface area contributed by atoms with Crippen molar-refractivity contribution in [3.05, 3.63) is 35.4 Å². The third-order valence-corrected chi connectivity index (χ3v) is 3.49. The lowest BCUT2D eigenvalue weighted by Gasteiger charge is -2.22. The first-order chi connectivity index (χ1) is 8.09. The van der Waals surface area contributed by atoms with Gasteiger partial charge in [0.15, 0.2) is 0 Å². The number of hydrogen-bond acceptors (Lipinski definition) is 2. The van der Waals surface area contributed by atoms with Crippen molar-refractivity contribution in [3.63, 3.8) is 0 Å². The van der Waals surface area contributed by atoms with Crippen LogP contribution < -0.4 is 5.73 Å². The molecule has 3 unspecified atom stereocenters. The molecule has 2 rings (SSSR count). The Bertz CT molecular complexity index is 377. The quantitative estimate of drug-likeness (QED) is 0.881. The molecule has 0 spiro atoms. The van der Waals surface area contributed by atoms with Gasteiger partial charge in [-0.1, -0.05) is 6.07 Å². The minimum Gasteiger partial charge on any atom is -0.378 e. The van der Waals surface area contributed by atoms with E-state index in [2.05, 4.69) is 0 Å². The molecule has 0 amide bonds. The molecule has 2 N–H and O–H groups in total. The lowest BCUT2D eigenvalue weighted by molar-refractivity contribution is 0.0993. The maximum absolute atomic E-state index is 13.5. The summed E-state index contributed by atoms with van der Waals surface area (Å²) in [7, 11) is 0. The third kappa shape index (κ3) is 2.64. The summed E-state index contributed by atoms with van der Waals surface area (Å²) in [6, 6.07) is 3.62. The van der Waals surface area contributed by atoms with E-state index in [-0.39, 0.29) is 30.0 Å². The Balaban J connectivity index is 2.10. The first-order valence-corrected chi connectivity index (χ1v) is 5.89. The number of benzene rings is 1. The molecule has 94 valence electrons. The minimum absolute atomic E-state index is 0.0693. The van der Waals surface area contributed by atoms with Crippen molar-refractivity contribution in [1.29, 1.82) is 0 Å². The van der Waals surface area contributed by atoms with Crippen molar-refractivity contribution >= 4 is 0 Å². The van der Waals surface area contributed by atoms with Crippen LogP contribution in [0.1, 0.15) is 18.9 Å². The smallest absolute Gasteiger partial charge is 0.129 e. The number of halogens is 2. The highest BCUT2D eigenvalue weighted by atomic mass is 19.1. The van der Waals surface area contributed by atoms with Gasteiger partial charge in [0.2, 0.25) is 0 Å². The van der Waals surface area contributed by atoms with Crippen molar-refractivity contribution in [2.24, 2.45) is 11.7 Å². The van der Waals surface area contributed by atoms with Gasteiger partial charge in [-0.2, -0.15) is 0 Å². The Morgan fingerprint density at radius 3 is 2.59 bits per heavy atom. The van der Waals surface area contributed by atoms with Gasteiger partial charge in [0.05, 0.1) is 6.10 Å². The van der Waals surface area contributed by atoms with Crippen LogP contribution in [0.4, 0.5) is 8.78 Å². The minimum atomic E-state index is -0.521. The number of hydrogen-bond donors (Lipinski definition) is 1. The highest BCUT2D eigenvalue weighted by Crippen LogP contribution is 2.26. The number of ether oxygens (including phenoxy) is 1. The summed E-state index contributed by atoms with van der Waals surface area (Å²) in [5.41, 5.74) is 6.11. The van der Waals surface area contributed by atoms with Crippen LogP contribution in [0.5, 0.6) is 0 Å². The van der Waals surface area contributed by atoms with Gasteiger partial charge in [0.1, 0.15) is 11.6 Å². The monoisotopic (exact) mass is 241 g/mol. The zero-order valence-electron chi connectivity index (χ0n) is 9.83. The van der Waals surface area contributed by atoms with E-state index in [0.717, 1.165) is 6.42 Å². The molecule has 1 aliphatic rings. The molecule has 1 saturated heterocycles. The lowest BCUT2D eigenvalue weighted by atomic mass is 9.89. The molecule has 0 radical (unpaired) electrons. The summed E-state index contributed by atoms with van der Waals surface area (Å²) in [5.74, 6) is -0.868. The topological polar surface area (TPSA) is 35.2 Å². The van der Waals surface area contributed by atoms with Gasteiger partial charge >= 0.3 is 0 Å². The fourth-order valence-electron chi connectivity index (χ4n) is 2.42.